The second-order valence-corrected chi connectivity index (χ2v) is 10.4. The van der Waals surface area contributed by atoms with Crippen molar-refractivity contribution in [3.63, 3.8) is 0 Å². The van der Waals surface area contributed by atoms with Gasteiger partial charge >= 0.3 is 0 Å². The Kier molecular flexibility index (Phi) is 6.33. The Morgan fingerprint density at radius 3 is 2.27 bits per heavy atom. The van der Waals surface area contributed by atoms with Gasteiger partial charge in [0, 0.05) is 38.8 Å². The Morgan fingerprint density at radius 1 is 1.03 bits per heavy atom. The first-order valence-corrected chi connectivity index (χ1v) is 12.4. The number of piperidine rings is 3. The second-order valence-electron chi connectivity index (χ2n) is 10.4. The molecule has 1 aliphatic carbocycles. The summed E-state index contributed by atoms with van der Waals surface area (Å²) in [7, 11) is 0. The van der Waals surface area contributed by atoms with Crippen LogP contribution in [0.1, 0.15) is 37.8 Å². The lowest BCUT2D eigenvalue weighted by atomic mass is 9.64. The summed E-state index contributed by atoms with van der Waals surface area (Å²) in [5, 5.41) is 3.60. The minimum atomic E-state index is -0.186. The highest BCUT2D eigenvalue weighted by atomic mass is 19.1. The van der Waals surface area contributed by atoms with Gasteiger partial charge in [-0.1, -0.05) is 30.8 Å². The number of ether oxygens (including phenoxy) is 1. The average molecular weight is 450 g/mol. The van der Waals surface area contributed by atoms with Gasteiger partial charge in [0.05, 0.1) is 11.9 Å². The van der Waals surface area contributed by atoms with E-state index < -0.39 is 0 Å². The maximum absolute atomic E-state index is 13.5. The topological polar surface area (TPSA) is 27.7 Å². The second kappa shape index (κ2) is 9.38. The molecule has 6 rings (SSSR count). The third-order valence-electron chi connectivity index (χ3n) is 7.50. The molecule has 4 bridgehead atoms. The number of hydrogen-bond donors (Lipinski definition) is 1. The molecule has 3 aliphatic heterocycles. The summed E-state index contributed by atoms with van der Waals surface area (Å²) in [6.45, 7) is 13.7. The summed E-state index contributed by atoms with van der Waals surface area (Å²) < 4.78 is 19.3. The van der Waals surface area contributed by atoms with E-state index in [0.29, 0.717) is 17.9 Å². The molecular weight excluding hydrogens is 413 g/mol. The standard InChI is InChI=1S/C28H36FN3O/c1-19(2)33-27-10-6-21(7-11-27)14-30-20(3)32(16-22-4-8-26(29)9-5-22)28-24-12-23-13-25(28)18-31(15-23)17-24/h4-11,19,23-25,28,30H,3,12-18H2,1-2H3. The van der Waals surface area contributed by atoms with Crippen molar-refractivity contribution < 1.29 is 9.13 Å². The van der Waals surface area contributed by atoms with E-state index in [9.17, 15) is 4.39 Å². The summed E-state index contributed by atoms with van der Waals surface area (Å²) in [4.78, 5) is 5.15. The highest BCUT2D eigenvalue weighted by molar-refractivity contribution is 5.28. The normalized spacial score (nSPS) is 27.6. The van der Waals surface area contributed by atoms with Crippen LogP contribution in [0.2, 0.25) is 0 Å². The molecule has 5 heteroatoms. The van der Waals surface area contributed by atoms with Crippen LogP contribution in [-0.4, -0.2) is 41.6 Å². The van der Waals surface area contributed by atoms with Crippen LogP contribution in [0.4, 0.5) is 4.39 Å². The summed E-state index contributed by atoms with van der Waals surface area (Å²) in [5.74, 6) is 3.91. The maximum Gasteiger partial charge on any atom is 0.123 e. The van der Waals surface area contributed by atoms with Crippen molar-refractivity contribution in [1.29, 1.82) is 0 Å². The van der Waals surface area contributed by atoms with Crippen LogP contribution in [-0.2, 0) is 13.1 Å². The van der Waals surface area contributed by atoms with E-state index >= 15 is 0 Å². The highest BCUT2D eigenvalue weighted by Gasteiger charge is 2.49. The van der Waals surface area contributed by atoms with Crippen molar-refractivity contribution in [1.82, 2.24) is 15.1 Å². The van der Waals surface area contributed by atoms with Gasteiger partial charge < -0.3 is 19.9 Å². The molecule has 2 atom stereocenters. The molecular formula is C28H36FN3O. The molecule has 3 heterocycles. The van der Waals surface area contributed by atoms with E-state index in [4.69, 9.17) is 4.74 Å². The van der Waals surface area contributed by atoms with Crippen molar-refractivity contribution in [2.45, 2.75) is 51.9 Å². The van der Waals surface area contributed by atoms with E-state index in [2.05, 4.69) is 33.8 Å². The van der Waals surface area contributed by atoms with Crippen molar-refractivity contribution in [3.8, 4) is 5.75 Å². The van der Waals surface area contributed by atoms with Crippen molar-refractivity contribution in [3.05, 3.63) is 77.9 Å². The Hall–Kier alpha value is -2.53. The van der Waals surface area contributed by atoms with Crippen molar-refractivity contribution in [2.75, 3.05) is 19.6 Å². The first kappa shape index (κ1) is 22.3. The monoisotopic (exact) mass is 449 g/mol. The number of benzene rings is 2. The molecule has 4 nitrogen and oxygen atoms in total. The molecule has 4 aliphatic rings. The number of nitrogens with one attached hydrogen (secondary N) is 1. The van der Waals surface area contributed by atoms with Crippen LogP contribution >= 0.6 is 0 Å². The highest BCUT2D eigenvalue weighted by Crippen LogP contribution is 2.46. The molecule has 2 aromatic carbocycles. The molecule has 0 aromatic heterocycles. The van der Waals surface area contributed by atoms with Gasteiger partial charge in [0.1, 0.15) is 11.6 Å². The predicted molar refractivity (Wildman–Crippen MR) is 130 cm³/mol. The van der Waals surface area contributed by atoms with Crippen LogP contribution in [0.5, 0.6) is 5.75 Å². The Morgan fingerprint density at radius 2 is 1.67 bits per heavy atom. The number of rotatable bonds is 9. The molecule has 4 fully saturated rings. The zero-order valence-electron chi connectivity index (χ0n) is 19.8. The SMILES string of the molecule is C=C(NCc1ccc(OC(C)C)cc1)N(Cc1ccc(F)cc1)C1C2CC3CC1CN(C3)C2. The third-order valence-corrected chi connectivity index (χ3v) is 7.50. The zero-order valence-corrected chi connectivity index (χ0v) is 19.8. The van der Waals surface area contributed by atoms with Crippen molar-refractivity contribution >= 4 is 0 Å². The number of hydrogen-bond acceptors (Lipinski definition) is 4. The molecule has 2 unspecified atom stereocenters. The first-order valence-electron chi connectivity index (χ1n) is 12.4. The van der Waals surface area contributed by atoms with Gasteiger partial charge in [-0.15, -0.1) is 0 Å². The number of halogens is 1. The largest absolute Gasteiger partial charge is 0.491 e. The third kappa shape index (κ3) is 5.03. The van der Waals surface area contributed by atoms with E-state index in [1.165, 1.54) is 38.0 Å². The first-order chi connectivity index (χ1) is 15.9. The van der Waals surface area contributed by atoms with Crippen LogP contribution in [0.25, 0.3) is 0 Å². The van der Waals surface area contributed by atoms with Crippen LogP contribution in [0.15, 0.2) is 60.9 Å². The molecule has 0 radical (unpaired) electrons. The fourth-order valence-electron chi connectivity index (χ4n) is 6.32. The maximum atomic E-state index is 13.5. The van der Waals surface area contributed by atoms with Crippen LogP contribution < -0.4 is 10.1 Å². The molecule has 33 heavy (non-hydrogen) atoms. The van der Waals surface area contributed by atoms with Gasteiger partial charge in [0.2, 0.25) is 0 Å². The summed E-state index contributed by atoms with van der Waals surface area (Å²) in [6, 6.07) is 15.7. The molecule has 1 saturated carbocycles. The quantitative estimate of drug-likeness (QED) is 0.582. The summed E-state index contributed by atoms with van der Waals surface area (Å²) in [5.41, 5.74) is 2.33. The molecule has 0 amide bonds. The van der Waals surface area contributed by atoms with Gasteiger partial charge in [-0.05, 0) is 79.8 Å². The summed E-state index contributed by atoms with van der Waals surface area (Å²) in [6.07, 6.45) is 2.82. The van der Waals surface area contributed by atoms with Gasteiger partial charge in [0.25, 0.3) is 0 Å². The van der Waals surface area contributed by atoms with Gasteiger partial charge in [0.15, 0.2) is 0 Å². The smallest absolute Gasteiger partial charge is 0.123 e. The lowest BCUT2D eigenvalue weighted by molar-refractivity contribution is -0.0810. The van der Waals surface area contributed by atoms with Gasteiger partial charge in [-0.2, -0.15) is 0 Å². The fraction of sp³-hybridized carbons (Fsp3) is 0.500. The van der Waals surface area contributed by atoms with Gasteiger partial charge in [-0.3, -0.25) is 0 Å². The molecule has 1 N–H and O–H groups in total. The van der Waals surface area contributed by atoms with Crippen molar-refractivity contribution in [2.24, 2.45) is 17.8 Å². The Labute approximate surface area is 197 Å². The van der Waals surface area contributed by atoms with Crippen LogP contribution in [0.3, 0.4) is 0 Å². The van der Waals surface area contributed by atoms with E-state index in [-0.39, 0.29) is 11.9 Å². The van der Waals surface area contributed by atoms with E-state index in [0.717, 1.165) is 36.1 Å². The fourth-order valence-corrected chi connectivity index (χ4v) is 6.32. The average Bonchev–Trinajstić information content (AvgIpc) is 2.78. The lowest BCUT2D eigenvalue weighted by Crippen LogP contribution is -2.64. The minimum absolute atomic E-state index is 0.172. The Balaban J connectivity index is 1.30. The van der Waals surface area contributed by atoms with Crippen LogP contribution in [0, 0.1) is 23.6 Å². The molecule has 2 aromatic rings. The predicted octanol–water partition coefficient (Wildman–Crippen LogP) is 5.02. The lowest BCUT2D eigenvalue weighted by Gasteiger charge is -2.59. The van der Waals surface area contributed by atoms with Gasteiger partial charge in [-0.25, -0.2) is 4.39 Å². The number of nitrogens with zero attached hydrogens (tertiary/aromatic N) is 2. The Bertz CT molecular complexity index is 928. The molecule has 0 spiro atoms. The minimum Gasteiger partial charge on any atom is -0.491 e. The molecule has 3 saturated heterocycles. The zero-order chi connectivity index (χ0) is 22.9. The van der Waals surface area contributed by atoms with E-state index in [1.54, 1.807) is 12.1 Å². The molecule has 176 valence electrons. The summed E-state index contributed by atoms with van der Waals surface area (Å²) >= 11 is 0. The van der Waals surface area contributed by atoms with E-state index in [1.807, 2.05) is 38.1 Å².